The van der Waals surface area contributed by atoms with Gasteiger partial charge in [-0.3, -0.25) is 4.98 Å². The zero-order valence-electron chi connectivity index (χ0n) is 12.2. The number of hydrogen-bond donors (Lipinski definition) is 2. The van der Waals surface area contributed by atoms with E-state index in [2.05, 4.69) is 9.88 Å². The van der Waals surface area contributed by atoms with Crippen molar-refractivity contribution in [3.63, 3.8) is 0 Å². The van der Waals surface area contributed by atoms with Crippen LogP contribution in [0.2, 0.25) is 0 Å². The van der Waals surface area contributed by atoms with Crippen LogP contribution in [0.15, 0.2) is 30.6 Å². The van der Waals surface area contributed by atoms with Crippen LogP contribution in [-0.4, -0.2) is 42.5 Å². The summed E-state index contributed by atoms with van der Waals surface area (Å²) in [5, 5.41) is 12.7. The highest BCUT2D eigenvalue weighted by molar-refractivity contribution is 6.00. The summed E-state index contributed by atoms with van der Waals surface area (Å²) < 4.78 is 5.33. The summed E-state index contributed by atoms with van der Waals surface area (Å²) in [5.41, 5.74) is 7.11. The van der Waals surface area contributed by atoms with Crippen LogP contribution in [0.3, 0.4) is 0 Å². The summed E-state index contributed by atoms with van der Waals surface area (Å²) in [6.45, 7) is 1.81. The first-order valence-electron chi connectivity index (χ1n) is 7.23. The van der Waals surface area contributed by atoms with Crippen molar-refractivity contribution < 1.29 is 9.84 Å². The Morgan fingerprint density at radius 2 is 2.05 bits per heavy atom. The second kappa shape index (κ2) is 5.50. The lowest BCUT2D eigenvalue weighted by atomic mass is 9.93. The van der Waals surface area contributed by atoms with Gasteiger partial charge in [0, 0.05) is 74.2 Å². The van der Waals surface area contributed by atoms with Crippen LogP contribution >= 0.6 is 0 Å². The molecule has 3 N–H and O–H groups in total. The van der Waals surface area contributed by atoms with Gasteiger partial charge < -0.3 is 20.5 Å². The molecule has 1 aliphatic rings. The molecular weight excluding hydrogens is 266 g/mol. The van der Waals surface area contributed by atoms with E-state index in [4.69, 9.17) is 10.5 Å². The monoisotopic (exact) mass is 287 g/mol. The van der Waals surface area contributed by atoms with Gasteiger partial charge in [-0.25, -0.2) is 0 Å². The first kappa shape index (κ1) is 14.1. The van der Waals surface area contributed by atoms with Gasteiger partial charge in [-0.1, -0.05) is 0 Å². The summed E-state index contributed by atoms with van der Waals surface area (Å²) in [4.78, 5) is 6.27. The topological polar surface area (TPSA) is 71.6 Å². The maximum absolute atomic E-state index is 10.7. The van der Waals surface area contributed by atoms with Gasteiger partial charge in [-0.2, -0.15) is 0 Å². The van der Waals surface area contributed by atoms with E-state index >= 15 is 0 Å². The molecular formula is C16H21N3O2. The summed E-state index contributed by atoms with van der Waals surface area (Å²) in [7, 11) is 1.99. The van der Waals surface area contributed by atoms with E-state index in [1.54, 1.807) is 6.20 Å². The Labute approximate surface area is 124 Å². The number of nitrogen functional groups attached to an aromatic ring is 1. The second-order valence-corrected chi connectivity index (χ2v) is 5.79. The van der Waals surface area contributed by atoms with Crippen molar-refractivity contribution >= 4 is 22.1 Å². The van der Waals surface area contributed by atoms with Crippen molar-refractivity contribution in [3.05, 3.63) is 30.6 Å². The smallest absolute Gasteiger partial charge is 0.0865 e. The molecule has 1 aliphatic heterocycles. The quantitative estimate of drug-likeness (QED) is 0.842. The average molecular weight is 287 g/mol. The molecule has 2 heterocycles. The minimum atomic E-state index is -0.692. The molecule has 112 valence electrons. The van der Waals surface area contributed by atoms with Gasteiger partial charge in [0.15, 0.2) is 0 Å². The Hall–Kier alpha value is -1.85. The van der Waals surface area contributed by atoms with Crippen LogP contribution in [-0.2, 0) is 4.74 Å². The molecule has 0 bridgehead atoms. The van der Waals surface area contributed by atoms with Gasteiger partial charge in [0.2, 0.25) is 0 Å². The van der Waals surface area contributed by atoms with Crippen LogP contribution in [0.25, 0.3) is 10.8 Å². The zero-order valence-corrected chi connectivity index (χ0v) is 12.2. The van der Waals surface area contributed by atoms with Crippen molar-refractivity contribution in [1.29, 1.82) is 0 Å². The number of likely N-dealkylation sites (N-methyl/N-ethyl adjacent to an activating group) is 1. The van der Waals surface area contributed by atoms with Crippen LogP contribution in [0.1, 0.15) is 12.8 Å². The Balaban J connectivity index is 1.91. The lowest BCUT2D eigenvalue weighted by Crippen LogP contribution is -2.45. The van der Waals surface area contributed by atoms with Crippen LogP contribution in [0.5, 0.6) is 0 Å². The van der Waals surface area contributed by atoms with Gasteiger partial charge in [0.05, 0.1) is 5.60 Å². The molecule has 0 aliphatic carbocycles. The van der Waals surface area contributed by atoms with E-state index < -0.39 is 5.60 Å². The fraction of sp³-hybridized carbons (Fsp3) is 0.438. The van der Waals surface area contributed by atoms with E-state index in [-0.39, 0.29) is 0 Å². The van der Waals surface area contributed by atoms with Crippen molar-refractivity contribution in [2.45, 2.75) is 18.4 Å². The Morgan fingerprint density at radius 3 is 2.81 bits per heavy atom. The fourth-order valence-corrected chi connectivity index (χ4v) is 2.97. The highest BCUT2D eigenvalue weighted by atomic mass is 16.5. The van der Waals surface area contributed by atoms with Crippen molar-refractivity contribution in [2.24, 2.45) is 0 Å². The number of aromatic nitrogens is 1. The van der Waals surface area contributed by atoms with E-state index in [9.17, 15) is 5.11 Å². The highest BCUT2D eigenvalue weighted by Gasteiger charge is 2.31. The molecule has 1 aromatic carbocycles. The number of hydrogen-bond acceptors (Lipinski definition) is 5. The summed E-state index contributed by atoms with van der Waals surface area (Å²) >= 11 is 0. The largest absolute Gasteiger partial charge is 0.398 e. The third-order valence-corrected chi connectivity index (χ3v) is 4.20. The Bertz CT molecular complexity index is 638. The molecule has 21 heavy (non-hydrogen) atoms. The van der Waals surface area contributed by atoms with Gasteiger partial charge in [0.1, 0.15) is 0 Å². The van der Waals surface area contributed by atoms with Crippen LogP contribution < -0.4 is 10.6 Å². The third kappa shape index (κ3) is 2.80. The van der Waals surface area contributed by atoms with E-state index in [1.165, 1.54) is 0 Å². The van der Waals surface area contributed by atoms with Crippen molar-refractivity contribution in [1.82, 2.24) is 4.98 Å². The highest BCUT2D eigenvalue weighted by Crippen LogP contribution is 2.31. The van der Waals surface area contributed by atoms with E-state index in [1.807, 2.05) is 31.4 Å². The molecule has 0 spiro atoms. The van der Waals surface area contributed by atoms with Crippen molar-refractivity contribution in [2.75, 3.05) is 37.4 Å². The Kier molecular flexibility index (Phi) is 3.69. The van der Waals surface area contributed by atoms with Crippen LogP contribution in [0, 0.1) is 0 Å². The lowest BCUT2D eigenvalue weighted by molar-refractivity contribution is -0.0572. The van der Waals surface area contributed by atoms with Gasteiger partial charge in [-0.15, -0.1) is 0 Å². The standard InChI is InChI=1S/C16H21N3O2/c1-19(11-16(20)5-8-21-9-6-16)15-3-2-14(17)12-4-7-18-10-13(12)15/h2-4,7,10,20H,5-6,8-9,11,17H2,1H3. The summed E-state index contributed by atoms with van der Waals surface area (Å²) in [6.07, 6.45) is 4.91. The van der Waals surface area contributed by atoms with E-state index in [0.29, 0.717) is 32.6 Å². The average Bonchev–Trinajstić information content (AvgIpc) is 2.48. The fourth-order valence-electron chi connectivity index (χ4n) is 2.97. The molecule has 3 rings (SSSR count). The molecule has 0 amide bonds. The third-order valence-electron chi connectivity index (χ3n) is 4.20. The summed E-state index contributed by atoms with van der Waals surface area (Å²) in [5.74, 6) is 0. The van der Waals surface area contributed by atoms with Gasteiger partial charge >= 0.3 is 0 Å². The zero-order chi connectivity index (χ0) is 14.9. The number of nitrogens with zero attached hydrogens (tertiary/aromatic N) is 2. The predicted molar refractivity (Wildman–Crippen MR) is 84.4 cm³/mol. The molecule has 1 fully saturated rings. The first-order chi connectivity index (χ1) is 10.1. The number of nitrogens with two attached hydrogens (primary N) is 1. The molecule has 0 atom stereocenters. The van der Waals surface area contributed by atoms with E-state index in [0.717, 1.165) is 22.1 Å². The number of benzene rings is 1. The SMILES string of the molecule is CN(CC1(O)CCOCC1)c1ccc(N)c2ccncc12. The minimum absolute atomic E-state index is 0.574. The minimum Gasteiger partial charge on any atom is -0.398 e. The molecule has 0 saturated carbocycles. The first-order valence-corrected chi connectivity index (χ1v) is 7.23. The number of rotatable bonds is 3. The molecule has 5 nitrogen and oxygen atoms in total. The second-order valence-electron chi connectivity index (χ2n) is 5.79. The van der Waals surface area contributed by atoms with Gasteiger partial charge in [0.25, 0.3) is 0 Å². The number of pyridine rings is 1. The molecule has 0 unspecified atom stereocenters. The summed E-state index contributed by atoms with van der Waals surface area (Å²) in [6, 6.07) is 5.81. The lowest BCUT2D eigenvalue weighted by Gasteiger charge is -2.36. The Morgan fingerprint density at radius 1 is 1.29 bits per heavy atom. The number of fused-ring (bicyclic) bond motifs is 1. The molecule has 1 saturated heterocycles. The van der Waals surface area contributed by atoms with Crippen molar-refractivity contribution in [3.8, 4) is 0 Å². The molecule has 2 aromatic rings. The normalized spacial score (nSPS) is 17.8. The number of anilines is 2. The maximum atomic E-state index is 10.7. The predicted octanol–water partition coefficient (Wildman–Crippen LogP) is 1.79. The molecule has 0 radical (unpaired) electrons. The van der Waals surface area contributed by atoms with Gasteiger partial charge in [-0.05, 0) is 18.2 Å². The maximum Gasteiger partial charge on any atom is 0.0865 e. The van der Waals surface area contributed by atoms with Crippen LogP contribution in [0.4, 0.5) is 11.4 Å². The number of ether oxygens (including phenoxy) is 1. The number of aliphatic hydroxyl groups is 1. The molecule has 1 aromatic heterocycles. The molecule has 5 heteroatoms.